The van der Waals surface area contributed by atoms with Gasteiger partial charge < -0.3 is 4.74 Å². The molecule has 1 nitrogen and oxygen atoms in total. The zero-order chi connectivity index (χ0) is 12.3. The third kappa shape index (κ3) is 4.29. The molecule has 0 heterocycles. The summed E-state index contributed by atoms with van der Waals surface area (Å²) in [4.78, 5) is 0. The van der Waals surface area contributed by atoms with Gasteiger partial charge in [-0.25, -0.2) is 0 Å². The van der Waals surface area contributed by atoms with E-state index in [2.05, 4.69) is 0 Å². The Kier molecular flexibility index (Phi) is 3.60. The highest BCUT2D eigenvalue weighted by Crippen LogP contribution is 2.40. The molecule has 1 aromatic carbocycles. The van der Waals surface area contributed by atoms with Crippen LogP contribution in [0.1, 0.15) is 37.2 Å². The van der Waals surface area contributed by atoms with Gasteiger partial charge in [0, 0.05) is 6.42 Å². The van der Waals surface area contributed by atoms with Gasteiger partial charge in [-0.1, -0.05) is 12.1 Å². The predicted molar refractivity (Wildman–Crippen MR) is 59.2 cm³/mol. The molecule has 0 atom stereocenters. The van der Waals surface area contributed by atoms with Gasteiger partial charge in [-0.15, -0.1) is 0 Å². The van der Waals surface area contributed by atoms with Crippen LogP contribution in [0.2, 0.25) is 0 Å². The Hall–Kier alpha value is -1.19. The van der Waals surface area contributed by atoms with E-state index >= 15 is 0 Å². The fourth-order valence-electron chi connectivity index (χ4n) is 1.72. The molecule has 1 aliphatic rings. The molecule has 0 spiro atoms. The van der Waals surface area contributed by atoms with Gasteiger partial charge in [-0.2, -0.15) is 13.2 Å². The normalized spacial score (nSPS) is 15.9. The highest BCUT2D eigenvalue weighted by atomic mass is 19.4. The zero-order valence-corrected chi connectivity index (χ0v) is 9.46. The summed E-state index contributed by atoms with van der Waals surface area (Å²) in [7, 11) is 0. The Morgan fingerprint density at radius 3 is 2.29 bits per heavy atom. The van der Waals surface area contributed by atoms with Crippen molar-refractivity contribution < 1.29 is 17.9 Å². The molecular formula is C13H15F3O. The summed E-state index contributed by atoms with van der Waals surface area (Å²) in [6.45, 7) is 0.113. The van der Waals surface area contributed by atoms with Gasteiger partial charge >= 0.3 is 6.18 Å². The van der Waals surface area contributed by atoms with E-state index in [0.29, 0.717) is 11.7 Å². The van der Waals surface area contributed by atoms with Crippen LogP contribution in [0.15, 0.2) is 24.3 Å². The number of hydrogen-bond donors (Lipinski definition) is 0. The first kappa shape index (κ1) is 12.3. The van der Waals surface area contributed by atoms with Crippen LogP contribution in [0.25, 0.3) is 0 Å². The monoisotopic (exact) mass is 244 g/mol. The zero-order valence-electron chi connectivity index (χ0n) is 9.46. The van der Waals surface area contributed by atoms with E-state index < -0.39 is 12.6 Å². The molecule has 1 aliphatic carbocycles. The maximum atomic E-state index is 11.9. The SMILES string of the molecule is FC(F)(F)CCCOc1ccc(C2CC2)cc1. The van der Waals surface area contributed by atoms with Gasteiger partial charge in [0.1, 0.15) is 5.75 Å². The number of alkyl halides is 3. The maximum absolute atomic E-state index is 11.9. The summed E-state index contributed by atoms with van der Waals surface area (Å²) in [5.41, 5.74) is 1.30. The Labute approximate surface area is 98.6 Å². The van der Waals surface area contributed by atoms with Crippen molar-refractivity contribution in [1.82, 2.24) is 0 Å². The van der Waals surface area contributed by atoms with E-state index in [1.54, 1.807) is 0 Å². The van der Waals surface area contributed by atoms with E-state index in [-0.39, 0.29) is 13.0 Å². The quantitative estimate of drug-likeness (QED) is 0.702. The summed E-state index contributed by atoms with van der Waals surface area (Å²) in [5.74, 6) is 1.34. The van der Waals surface area contributed by atoms with Gasteiger partial charge in [0.15, 0.2) is 0 Å². The smallest absolute Gasteiger partial charge is 0.389 e. The van der Waals surface area contributed by atoms with Crippen molar-refractivity contribution >= 4 is 0 Å². The molecule has 0 aliphatic heterocycles. The van der Waals surface area contributed by atoms with Crippen molar-refractivity contribution in [1.29, 1.82) is 0 Å². The van der Waals surface area contributed by atoms with Gasteiger partial charge in [-0.05, 0) is 42.9 Å². The van der Waals surface area contributed by atoms with Gasteiger partial charge in [-0.3, -0.25) is 0 Å². The first-order valence-electron chi connectivity index (χ1n) is 5.84. The minimum Gasteiger partial charge on any atom is -0.494 e. The van der Waals surface area contributed by atoms with Crippen LogP contribution in [0, 0.1) is 0 Å². The van der Waals surface area contributed by atoms with E-state index in [4.69, 9.17) is 4.74 Å². The largest absolute Gasteiger partial charge is 0.494 e. The number of hydrogen-bond acceptors (Lipinski definition) is 1. The summed E-state index contributed by atoms with van der Waals surface area (Å²) in [6, 6.07) is 7.66. The standard InChI is InChI=1S/C13H15F3O/c14-13(15,16)8-1-9-17-12-6-4-11(5-7-12)10-2-3-10/h4-7,10H,1-3,8-9H2. The molecule has 94 valence electrons. The average molecular weight is 244 g/mol. The van der Waals surface area contributed by atoms with Crippen LogP contribution >= 0.6 is 0 Å². The first-order valence-corrected chi connectivity index (χ1v) is 5.84. The Bertz CT molecular complexity index is 352. The lowest BCUT2D eigenvalue weighted by Crippen LogP contribution is -2.09. The topological polar surface area (TPSA) is 9.23 Å². The molecule has 1 fully saturated rings. The lowest BCUT2D eigenvalue weighted by molar-refractivity contribution is -0.136. The lowest BCUT2D eigenvalue weighted by atomic mass is 10.1. The molecule has 0 radical (unpaired) electrons. The Morgan fingerprint density at radius 1 is 1.12 bits per heavy atom. The predicted octanol–water partition coefficient (Wildman–Crippen LogP) is 4.29. The third-order valence-corrected chi connectivity index (χ3v) is 2.80. The summed E-state index contributed by atoms with van der Waals surface area (Å²) in [6.07, 6.45) is -2.38. The number of rotatable bonds is 5. The van der Waals surface area contributed by atoms with Crippen molar-refractivity contribution in [3.8, 4) is 5.75 Å². The van der Waals surface area contributed by atoms with E-state index in [1.165, 1.54) is 18.4 Å². The molecule has 0 aromatic heterocycles. The van der Waals surface area contributed by atoms with Gasteiger partial charge in [0.25, 0.3) is 0 Å². The first-order chi connectivity index (χ1) is 8.04. The van der Waals surface area contributed by atoms with Crippen molar-refractivity contribution in [3.63, 3.8) is 0 Å². The van der Waals surface area contributed by atoms with Crippen molar-refractivity contribution in [2.45, 2.75) is 37.8 Å². The van der Waals surface area contributed by atoms with Gasteiger partial charge in [0.05, 0.1) is 6.61 Å². The molecule has 4 heteroatoms. The Balaban J connectivity index is 1.71. The van der Waals surface area contributed by atoms with Crippen LogP contribution in [0.5, 0.6) is 5.75 Å². The fraction of sp³-hybridized carbons (Fsp3) is 0.538. The maximum Gasteiger partial charge on any atom is 0.389 e. The van der Waals surface area contributed by atoms with Crippen LogP contribution in [-0.2, 0) is 0 Å². The summed E-state index contributed by atoms with van der Waals surface area (Å²) in [5, 5.41) is 0. The number of ether oxygens (including phenoxy) is 1. The molecule has 2 rings (SSSR count). The molecule has 0 unspecified atom stereocenters. The van der Waals surface area contributed by atoms with Crippen LogP contribution in [0.4, 0.5) is 13.2 Å². The molecule has 0 amide bonds. The van der Waals surface area contributed by atoms with E-state index in [0.717, 1.165) is 0 Å². The minimum atomic E-state index is -4.08. The highest BCUT2D eigenvalue weighted by Gasteiger charge is 2.26. The second-order valence-corrected chi connectivity index (χ2v) is 4.41. The van der Waals surface area contributed by atoms with Gasteiger partial charge in [0.2, 0.25) is 0 Å². The molecular weight excluding hydrogens is 229 g/mol. The molecule has 1 aromatic rings. The van der Waals surface area contributed by atoms with Crippen LogP contribution in [-0.4, -0.2) is 12.8 Å². The fourth-order valence-corrected chi connectivity index (χ4v) is 1.72. The third-order valence-electron chi connectivity index (χ3n) is 2.80. The van der Waals surface area contributed by atoms with Crippen LogP contribution in [0.3, 0.4) is 0 Å². The second kappa shape index (κ2) is 4.98. The number of benzene rings is 1. The molecule has 0 bridgehead atoms. The summed E-state index contributed by atoms with van der Waals surface area (Å²) < 4.78 is 40.9. The Morgan fingerprint density at radius 2 is 1.76 bits per heavy atom. The van der Waals surface area contributed by atoms with E-state index in [1.807, 2.05) is 24.3 Å². The molecule has 17 heavy (non-hydrogen) atoms. The van der Waals surface area contributed by atoms with Crippen molar-refractivity contribution in [2.24, 2.45) is 0 Å². The number of halogens is 3. The molecule has 1 saturated carbocycles. The summed E-state index contributed by atoms with van der Waals surface area (Å²) >= 11 is 0. The molecule has 0 N–H and O–H groups in total. The van der Waals surface area contributed by atoms with Crippen LogP contribution < -0.4 is 4.74 Å². The van der Waals surface area contributed by atoms with E-state index in [9.17, 15) is 13.2 Å². The average Bonchev–Trinajstić information content (AvgIpc) is 3.08. The molecule has 0 saturated heterocycles. The lowest BCUT2D eigenvalue weighted by Gasteiger charge is -2.08. The second-order valence-electron chi connectivity index (χ2n) is 4.41. The van der Waals surface area contributed by atoms with Crippen molar-refractivity contribution in [2.75, 3.05) is 6.61 Å². The minimum absolute atomic E-state index is 0.00781. The highest BCUT2D eigenvalue weighted by molar-refractivity contribution is 5.31. The van der Waals surface area contributed by atoms with Crippen molar-refractivity contribution in [3.05, 3.63) is 29.8 Å².